The van der Waals surface area contributed by atoms with Gasteiger partial charge in [0.1, 0.15) is 11.6 Å². The highest BCUT2D eigenvalue weighted by Gasteiger charge is 2.40. The fraction of sp³-hybridized carbons (Fsp3) is 0.471. The first-order valence-electron chi connectivity index (χ1n) is 8.26. The summed E-state index contributed by atoms with van der Waals surface area (Å²) in [6, 6.07) is 7.81. The summed E-state index contributed by atoms with van der Waals surface area (Å²) >= 11 is 0. The van der Waals surface area contributed by atoms with Gasteiger partial charge in [-0.2, -0.15) is 5.10 Å². The molecule has 2 atom stereocenters. The van der Waals surface area contributed by atoms with E-state index >= 15 is 0 Å². The third-order valence-corrected chi connectivity index (χ3v) is 4.91. The summed E-state index contributed by atoms with van der Waals surface area (Å²) < 4.78 is 7.33. The van der Waals surface area contributed by atoms with Crippen molar-refractivity contribution in [2.75, 3.05) is 6.61 Å². The highest BCUT2D eigenvalue weighted by Crippen LogP contribution is 2.30. The Balaban J connectivity index is 1.48. The van der Waals surface area contributed by atoms with Crippen LogP contribution in [0.5, 0.6) is 5.75 Å². The zero-order valence-electron chi connectivity index (χ0n) is 13.6. The third kappa shape index (κ3) is 2.60. The van der Waals surface area contributed by atoms with Crippen molar-refractivity contribution in [1.82, 2.24) is 19.7 Å². The Morgan fingerprint density at radius 2 is 2.21 bits per heavy atom. The number of amides is 1. The zero-order valence-corrected chi connectivity index (χ0v) is 13.6. The molecule has 2 unspecified atom stereocenters. The summed E-state index contributed by atoms with van der Waals surface area (Å²) in [5.74, 6) is 1.42. The lowest BCUT2D eigenvalue weighted by Gasteiger charge is -2.27. The molecule has 1 saturated heterocycles. The molecule has 126 valence electrons. The number of aromatic amines is 1. The molecule has 0 spiro atoms. The van der Waals surface area contributed by atoms with E-state index in [4.69, 9.17) is 4.74 Å². The van der Waals surface area contributed by atoms with Crippen LogP contribution in [0.1, 0.15) is 24.2 Å². The molecule has 1 N–H and O–H groups in total. The van der Waals surface area contributed by atoms with E-state index in [0.717, 1.165) is 24.2 Å². The number of rotatable bonds is 3. The van der Waals surface area contributed by atoms with E-state index in [0.29, 0.717) is 18.7 Å². The van der Waals surface area contributed by atoms with Crippen molar-refractivity contribution in [2.24, 2.45) is 0 Å². The number of aryl methyl sites for hydroxylation is 1. The maximum absolute atomic E-state index is 12.7. The fourth-order valence-electron chi connectivity index (χ4n) is 3.79. The Morgan fingerprint density at radius 3 is 3.04 bits per heavy atom. The van der Waals surface area contributed by atoms with Crippen LogP contribution in [-0.2, 0) is 17.8 Å². The normalized spacial score (nSPS) is 22.1. The maximum atomic E-state index is 12.7. The van der Waals surface area contributed by atoms with Crippen molar-refractivity contribution in [3.8, 4) is 5.75 Å². The number of fused-ring (bicyclic) bond motifs is 3. The summed E-state index contributed by atoms with van der Waals surface area (Å²) in [6.45, 7) is 2.52. The number of carbonyl (C=O) groups is 1. The Morgan fingerprint density at radius 1 is 1.38 bits per heavy atom. The van der Waals surface area contributed by atoms with Gasteiger partial charge in [-0.05, 0) is 37.5 Å². The Hall–Kier alpha value is -2.57. The number of carbonyl (C=O) groups excluding carboxylic acids is 1. The van der Waals surface area contributed by atoms with Crippen LogP contribution in [0, 0.1) is 6.92 Å². The van der Waals surface area contributed by atoms with Crippen LogP contribution in [0.15, 0.2) is 29.1 Å². The summed E-state index contributed by atoms with van der Waals surface area (Å²) in [7, 11) is 0. The van der Waals surface area contributed by atoms with E-state index in [1.807, 2.05) is 36.1 Å². The molecule has 1 aromatic carbocycles. The highest BCUT2D eigenvalue weighted by molar-refractivity contribution is 5.79. The number of H-pyrrole nitrogens is 1. The molecular formula is C17H20N4O3. The van der Waals surface area contributed by atoms with Gasteiger partial charge in [-0.1, -0.05) is 12.1 Å². The predicted molar refractivity (Wildman–Crippen MR) is 86.9 cm³/mol. The number of nitrogens with zero attached hydrogens (tertiary/aromatic N) is 3. The monoisotopic (exact) mass is 328 g/mol. The molecule has 4 rings (SSSR count). The van der Waals surface area contributed by atoms with Crippen LogP contribution in [0.25, 0.3) is 0 Å². The molecule has 1 amide bonds. The van der Waals surface area contributed by atoms with Gasteiger partial charge in [0.05, 0.1) is 6.04 Å². The minimum absolute atomic E-state index is 0.0220. The highest BCUT2D eigenvalue weighted by atomic mass is 16.5. The van der Waals surface area contributed by atoms with E-state index in [2.05, 4.69) is 10.2 Å². The molecule has 1 fully saturated rings. The van der Waals surface area contributed by atoms with Crippen LogP contribution in [0.4, 0.5) is 0 Å². The van der Waals surface area contributed by atoms with Gasteiger partial charge in [-0.15, -0.1) is 0 Å². The van der Waals surface area contributed by atoms with Crippen LogP contribution < -0.4 is 10.4 Å². The molecular weight excluding hydrogens is 308 g/mol. The molecule has 3 heterocycles. The molecule has 2 aliphatic rings. The summed E-state index contributed by atoms with van der Waals surface area (Å²) in [4.78, 5) is 26.4. The molecule has 2 aromatic rings. The molecule has 0 aliphatic carbocycles. The number of aromatic nitrogens is 3. The quantitative estimate of drug-likeness (QED) is 0.907. The van der Waals surface area contributed by atoms with E-state index in [-0.39, 0.29) is 30.3 Å². The topological polar surface area (TPSA) is 80.2 Å². The zero-order chi connectivity index (χ0) is 16.7. The number of hydrogen-bond donors (Lipinski definition) is 1. The number of ether oxygens (including phenoxy) is 1. The first-order valence-corrected chi connectivity index (χ1v) is 8.26. The van der Waals surface area contributed by atoms with Gasteiger partial charge in [0.15, 0.2) is 6.61 Å². The predicted octanol–water partition coefficient (Wildman–Crippen LogP) is 0.875. The molecule has 1 aromatic heterocycles. The van der Waals surface area contributed by atoms with Gasteiger partial charge in [0.25, 0.3) is 5.91 Å². The van der Waals surface area contributed by atoms with E-state index < -0.39 is 0 Å². The second-order valence-corrected chi connectivity index (χ2v) is 6.55. The van der Waals surface area contributed by atoms with Gasteiger partial charge >= 0.3 is 5.69 Å². The minimum Gasteiger partial charge on any atom is -0.484 e. The van der Waals surface area contributed by atoms with Crippen molar-refractivity contribution in [3.05, 3.63) is 46.1 Å². The number of benzene rings is 1. The number of hydrogen-bond acceptors (Lipinski definition) is 4. The average Bonchev–Trinajstić information content (AvgIpc) is 3.04. The van der Waals surface area contributed by atoms with Gasteiger partial charge < -0.3 is 9.64 Å². The molecule has 0 radical (unpaired) electrons. The average molecular weight is 328 g/mol. The Bertz CT molecular complexity index is 825. The molecule has 24 heavy (non-hydrogen) atoms. The first-order chi connectivity index (χ1) is 11.6. The summed E-state index contributed by atoms with van der Waals surface area (Å²) in [5, 5.41) is 6.59. The summed E-state index contributed by atoms with van der Waals surface area (Å²) in [6.07, 6.45) is 2.48. The van der Waals surface area contributed by atoms with E-state index in [9.17, 15) is 9.59 Å². The van der Waals surface area contributed by atoms with Crippen molar-refractivity contribution in [1.29, 1.82) is 0 Å². The SMILES string of the molecule is Cc1cccc(OCC(=O)N2C3CCC2Cn2c(n[nH]c2=O)C3)c1. The lowest BCUT2D eigenvalue weighted by molar-refractivity contribution is -0.136. The van der Waals surface area contributed by atoms with Gasteiger partial charge in [-0.25, -0.2) is 9.89 Å². The van der Waals surface area contributed by atoms with Gasteiger partial charge in [0.2, 0.25) is 0 Å². The van der Waals surface area contributed by atoms with Crippen LogP contribution >= 0.6 is 0 Å². The largest absolute Gasteiger partial charge is 0.484 e. The van der Waals surface area contributed by atoms with Crippen LogP contribution in [0.3, 0.4) is 0 Å². The van der Waals surface area contributed by atoms with E-state index in [1.165, 1.54) is 0 Å². The van der Waals surface area contributed by atoms with Gasteiger partial charge in [0, 0.05) is 19.0 Å². The second kappa shape index (κ2) is 5.81. The molecule has 0 saturated carbocycles. The van der Waals surface area contributed by atoms with Crippen molar-refractivity contribution in [2.45, 2.75) is 44.8 Å². The van der Waals surface area contributed by atoms with E-state index in [1.54, 1.807) is 4.57 Å². The molecule has 2 aliphatic heterocycles. The van der Waals surface area contributed by atoms with Crippen LogP contribution in [0.2, 0.25) is 0 Å². The third-order valence-electron chi connectivity index (χ3n) is 4.91. The fourth-order valence-corrected chi connectivity index (χ4v) is 3.79. The lowest BCUT2D eigenvalue weighted by Crippen LogP contribution is -2.44. The lowest BCUT2D eigenvalue weighted by atomic mass is 10.1. The van der Waals surface area contributed by atoms with Crippen molar-refractivity contribution < 1.29 is 9.53 Å². The Labute approximate surface area is 139 Å². The summed E-state index contributed by atoms with van der Waals surface area (Å²) in [5.41, 5.74) is 0.903. The minimum atomic E-state index is -0.194. The van der Waals surface area contributed by atoms with Crippen molar-refractivity contribution >= 4 is 5.91 Å². The maximum Gasteiger partial charge on any atom is 0.343 e. The van der Waals surface area contributed by atoms with Crippen molar-refractivity contribution in [3.63, 3.8) is 0 Å². The molecule has 7 heteroatoms. The number of nitrogens with one attached hydrogen (secondary N) is 1. The smallest absolute Gasteiger partial charge is 0.343 e. The molecule has 7 nitrogen and oxygen atoms in total. The second-order valence-electron chi connectivity index (χ2n) is 6.55. The van der Waals surface area contributed by atoms with Crippen LogP contribution in [-0.4, -0.2) is 44.3 Å². The Kier molecular flexibility index (Phi) is 3.63. The molecule has 2 bridgehead atoms. The van der Waals surface area contributed by atoms with Gasteiger partial charge in [-0.3, -0.25) is 9.36 Å². The standard InChI is InChI=1S/C17H20N4O3/c1-11-3-2-4-14(7-11)24-10-16(22)21-12-5-6-13(21)9-20-15(8-12)18-19-17(20)23/h2-4,7,12-13H,5-6,8-10H2,1H3,(H,19,23). The first kappa shape index (κ1) is 15.0.